The fourth-order valence-corrected chi connectivity index (χ4v) is 8.69. The maximum Gasteiger partial charge on any atom is 0.326 e. The average Bonchev–Trinajstić information content (AvgIpc) is 4.22. The number of aromatic hydroxyl groups is 2. The number of nitrogens with zero attached hydrogens (tertiary/aromatic N) is 3. The van der Waals surface area contributed by atoms with E-state index in [1.54, 1.807) is 0 Å². The number of aliphatic imine (C=N–C) groups is 2. The molecule has 0 unspecified atom stereocenters. The highest BCUT2D eigenvalue weighted by molar-refractivity contribution is 7.80. The molecule has 0 saturated carbocycles. The molecule has 3 rings (SSSR count). The van der Waals surface area contributed by atoms with Crippen molar-refractivity contribution in [1.82, 2.24) is 42.1 Å². The molecule has 1 saturated heterocycles. The maximum atomic E-state index is 14.4. The van der Waals surface area contributed by atoms with E-state index in [2.05, 4.69) is 59.8 Å². The Bertz CT molecular complexity index is 2660. The zero-order valence-electron chi connectivity index (χ0n) is 45.8. The van der Waals surface area contributed by atoms with Crippen LogP contribution < -0.4 is 77.4 Å². The number of hydrogen-bond donors (Lipinski definition) is 18. The maximum absolute atomic E-state index is 14.4. The van der Waals surface area contributed by atoms with Crippen molar-refractivity contribution in [1.29, 1.82) is 0 Å². The van der Waals surface area contributed by atoms with Gasteiger partial charge in [0, 0.05) is 51.1 Å². The first-order chi connectivity index (χ1) is 39.2. The van der Waals surface area contributed by atoms with Crippen LogP contribution in [0.4, 0.5) is 0 Å². The van der Waals surface area contributed by atoms with Gasteiger partial charge >= 0.3 is 5.97 Å². The van der Waals surface area contributed by atoms with Crippen molar-refractivity contribution in [3.05, 3.63) is 59.7 Å². The van der Waals surface area contributed by atoms with E-state index in [0.29, 0.717) is 24.0 Å². The normalized spacial score (nSPS) is 15.6. The highest BCUT2D eigenvalue weighted by Crippen LogP contribution is 2.20. The summed E-state index contributed by atoms with van der Waals surface area (Å²) in [6, 6.07) is -1.63. The van der Waals surface area contributed by atoms with Gasteiger partial charge in [0.15, 0.2) is 11.9 Å². The number of aliphatic carboxylic acids is 1. The van der Waals surface area contributed by atoms with Gasteiger partial charge in [-0.15, -0.1) is 0 Å². The molecule has 1 aliphatic heterocycles. The summed E-state index contributed by atoms with van der Waals surface area (Å²) in [7, 11) is 0. The standard InChI is InChI=1S/C51H77N17O14S/c1-26(61-41(73)31(52)5-2-20-59-50(55)56)48(80)68-22-4-7-38(68)47(79)63-33(16-18-39(53)71)43(75)62-32(6-3-21-60-51(57)58)42(74)67-37(25-83)46(78)66-36(24-28-10-14-30(70)15-11-28)45(77)65-35(23-27-8-12-29(69)13-9-27)44(76)64-34(49(81)82)17-19-40(54)72/h8-15,26,31-38,69-70,83H,2-7,16-25,52H2,1H3,(H2,53,71)(H2,54,72)(H,61,73)(H,62,75)(H,63,79)(H,64,76)(H,65,77)(H,66,78)(H,67,74)(H,81,82)(H4,55,56,59)(H4,57,58,60)/t26-,31-,32-,33-,34-,35-,36-,37-,38-/m0/s1. The minimum absolute atomic E-state index is 0.0414. The van der Waals surface area contributed by atoms with E-state index in [1.165, 1.54) is 60.4 Å². The largest absolute Gasteiger partial charge is 0.508 e. The van der Waals surface area contributed by atoms with Gasteiger partial charge in [-0.1, -0.05) is 24.3 Å². The molecule has 9 atom stereocenters. The van der Waals surface area contributed by atoms with Crippen LogP contribution in [0.15, 0.2) is 58.5 Å². The molecule has 1 heterocycles. The number of thiol groups is 1. The molecule has 2 aromatic carbocycles. The van der Waals surface area contributed by atoms with Crippen molar-refractivity contribution < 1.29 is 68.1 Å². The van der Waals surface area contributed by atoms with Gasteiger partial charge in [-0.25, -0.2) is 4.79 Å². The zero-order valence-corrected chi connectivity index (χ0v) is 46.7. The molecule has 1 aliphatic rings. The molecular weight excluding hydrogens is 1110 g/mol. The fraction of sp³-hybridized carbons (Fsp3) is 0.510. The summed E-state index contributed by atoms with van der Waals surface area (Å²) in [5.74, 6) is -11.3. The molecule has 1 fully saturated rings. The Labute approximate surface area is 483 Å². The third-order valence-electron chi connectivity index (χ3n) is 12.9. The predicted molar refractivity (Wildman–Crippen MR) is 304 cm³/mol. The predicted octanol–water partition coefficient (Wildman–Crippen LogP) is -5.73. The van der Waals surface area contributed by atoms with Gasteiger partial charge in [-0.05, 0) is 93.7 Å². The van der Waals surface area contributed by atoms with Crippen LogP contribution in [0.5, 0.6) is 11.5 Å². The van der Waals surface area contributed by atoms with Gasteiger partial charge in [-0.3, -0.25) is 57.9 Å². The lowest BCUT2D eigenvalue weighted by Crippen LogP contribution is -2.61. The SMILES string of the molecule is C[C@H](NC(=O)[C@@H](N)CCCN=C(N)N)C(=O)N1CCC[C@H]1C(=O)N[C@@H](CCC(N)=O)C(=O)N[C@@H](CCCN=C(N)N)C(=O)N[C@@H](CS)C(=O)N[C@@H](Cc1ccc(O)cc1)C(=O)N[C@@H](Cc1ccc(O)cc1)C(=O)N[C@@H](CCC(N)=O)C(=O)O. The lowest BCUT2D eigenvalue weighted by atomic mass is 10.0. The summed E-state index contributed by atoms with van der Waals surface area (Å²) in [6.07, 6.45) is -1.23. The number of primary amides is 2. The number of carboxylic acids is 1. The van der Waals surface area contributed by atoms with Crippen LogP contribution >= 0.6 is 12.6 Å². The topological polar surface area (TPSA) is 543 Å². The quantitative estimate of drug-likeness (QED) is 0.0132. The van der Waals surface area contributed by atoms with Gasteiger partial charge < -0.3 is 97.6 Å². The summed E-state index contributed by atoms with van der Waals surface area (Å²) in [5, 5.41) is 47.2. The molecule has 0 bridgehead atoms. The van der Waals surface area contributed by atoms with Crippen LogP contribution in [0, 0.1) is 0 Å². The van der Waals surface area contributed by atoms with Crippen LogP contribution in [0.2, 0.25) is 0 Å². The molecule has 31 nitrogen and oxygen atoms in total. The number of carbonyl (C=O) groups is 11. The zero-order chi connectivity index (χ0) is 61.9. The number of rotatable bonds is 35. The van der Waals surface area contributed by atoms with Crippen LogP contribution in [-0.2, 0) is 65.6 Å². The second-order valence-corrected chi connectivity index (χ2v) is 19.9. The van der Waals surface area contributed by atoms with Crippen LogP contribution in [0.25, 0.3) is 0 Å². The van der Waals surface area contributed by atoms with Crippen molar-refractivity contribution >= 4 is 89.6 Å². The molecule has 32 heteroatoms. The third kappa shape index (κ3) is 24.4. The number of likely N-dealkylation sites (tertiary alicyclic amines) is 1. The smallest absolute Gasteiger partial charge is 0.326 e. The average molecular weight is 1180 g/mol. The molecule has 456 valence electrons. The number of benzene rings is 2. The van der Waals surface area contributed by atoms with E-state index in [4.69, 9.17) is 40.1 Å². The number of carbonyl (C=O) groups excluding carboxylic acids is 10. The van der Waals surface area contributed by atoms with Crippen molar-refractivity contribution in [2.75, 3.05) is 25.4 Å². The highest BCUT2D eigenvalue weighted by Gasteiger charge is 2.39. The number of phenolic OH excluding ortho intramolecular Hbond substituents is 2. The van der Waals surface area contributed by atoms with Gasteiger partial charge in [0.05, 0.1) is 6.04 Å². The molecular formula is C51H77N17O14S. The molecule has 0 aromatic heterocycles. The third-order valence-corrected chi connectivity index (χ3v) is 13.3. The summed E-state index contributed by atoms with van der Waals surface area (Å²) < 4.78 is 0. The Kier molecular flexibility index (Phi) is 28.3. The number of guanidine groups is 2. The van der Waals surface area contributed by atoms with E-state index >= 15 is 0 Å². The first kappa shape index (κ1) is 68.3. The molecule has 10 amide bonds. The number of phenols is 2. The number of nitrogens with one attached hydrogen (secondary N) is 7. The fourth-order valence-electron chi connectivity index (χ4n) is 8.43. The Hall–Kier alpha value is -8.94. The first-order valence-electron chi connectivity index (χ1n) is 26.4. The number of carboxylic acid groups (broad SMARTS) is 1. The Morgan fingerprint density at radius 2 is 0.976 bits per heavy atom. The van der Waals surface area contributed by atoms with Gasteiger partial charge in [0.2, 0.25) is 59.1 Å². The minimum Gasteiger partial charge on any atom is -0.508 e. The molecule has 24 N–H and O–H groups in total. The lowest BCUT2D eigenvalue weighted by molar-refractivity contribution is -0.142. The molecule has 83 heavy (non-hydrogen) atoms. The van der Waals surface area contributed by atoms with Crippen molar-refractivity contribution in [3.63, 3.8) is 0 Å². The summed E-state index contributed by atoms with van der Waals surface area (Å²) in [4.78, 5) is 156. The highest BCUT2D eigenvalue weighted by atomic mass is 32.1. The van der Waals surface area contributed by atoms with Gasteiger partial charge in [-0.2, -0.15) is 12.6 Å². The van der Waals surface area contributed by atoms with E-state index in [1.807, 2.05) is 0 Å². The van der Waals surface area contributed by atoms with E-state index in [-0.39, 0.29) is 88.0 Å². The molecule has 0 radical (unpaired) electrons. The van der Waals surface area contributed by atoms with Crippen LogP contribution in [0.1, 0.15) is 82.3 Å². The van der Waals surface area contributed by atoms with Crippen molar-refractivity contribution in [2.45, 2.75) is 138 Å². The van der Waals surface area contributed by atoms with Crippen molar-refractivity contribution in [3.8, 4) is 11.5 Å². The number of amides is 10. The van der Waals surface area contributed by atoms with Gasteiger partial charge in [0.25, 0.3) is 0 Å². The van der Waals surface area contributed by atoms with E-state index < -0.39 is 144 Å². The molecule has 0 aliphatic carbocycles. The minimum atomic E-state index is -1.62. The summed E-state index contributed by atoms with van der Waals surface area (Å²) in [5.41, 5.74) is 39.1. The summed E-state index contributed by atoms with van der Waals surface area (Å²) >= 11 is 4.28. The second kappa shape index (κ2) is 34.4. The number of hydrogen-bond acceptors (Lipinski definition) is 17. The summed E-state index contributed by atoms with van der Waals surface area (Å²) in [6.45, 7) is 1.70. The van der Waals surface area contributed by atoms with Crippen LogP contribution in [0.3, 0.4) is 0 Å². The monoisotopic (exact) mass is 1180 g/mol. The van der Waals surface area contributed by atoms with Crippen molar-refractivity contribution in [2.24, 2.45) is 50.1 Å². The van der Waals surface area contributed by atoms with Gasteiger partial charge in [0.1, 0.15) is 59.8 Å². The Morgan fingerprint density at radius 3 is 1.43 bits per heavy atom. The Morgan fingerprint density at radius 1 is 0.566 bits per heavy atom. The number of nitrogens with two attached hydrogens (primary N) is 7. The van der Waals surface area contributed by atoms with E-state index in [0.717, 1.165) is 0 Å². The Balaban J connectivity index is 1.89. The molecule has 0 spiro atoms. The lowest BCUT2D eigenvalue weighted by Gasteiger charge is -2.29. The van der Waals surface area contributed by atoms with Crippen LogP contribution in [-0.4, -0.2) is 177 Å². The second-order valence-electron chi connectivity index (χ2n) is 19.6. The van der Waals surface area contributed by atoms with E-state index in [9.17, 15) is 68.1 Å². The molecule has 2 aromatic rings. The first-order valence-corrected chi connectivity index (χ1v) is 27.1.